The lowest BCUT2D eigenvalue weighted by molar-refractivity contribution is 0.624. The van der Waals surface area contributed by atoms with Crippen LogP contribution in [0, 0.1) is 0 Å². The zero-order chi connectivity index (χ0) is 17.8. The van der Waals surface area contributed by atoms with Gasteiger partial charge < -0.3 is 14.4 Å². The summed E-state index contributed by atoms with van der Waals surface area (Å²) >= 11 is 0. The Hall–Kier alpha value is -2.23. The van der Waals surface area contributed by atoms with Gasteiger partial charge in [-0.2, -0.15) is 0 Å². The molecule has 0 amide bonds. The maximum absolute atomic E-state index is 4.86. The first-order chi connectivity index (χ1) is 12.6. The minimum absolute atomic E-state index is 0.719. The average Bonchev–Trinajstić information content (AvgIpc) is 3.11. The van der Waals surface area contributed by atoms with Crippen molar-refractivity contribution in [2.45, 2.75) is 56.9 Å². The number of benzene rings is 1. The second kappa shape index (κ2) is 5.90. The maximum Gasteiger partial charge on any atom is 0.105 e. The summed E-state index contributed by atoms with van der Waals surface area (Å²) in [6.07, 6.45) is 10.2. The molecule has 0 radical (unpaired) electrons. The van der Waals surface area contributed by atoms with Crippen LogP contribution in [0.3, 0.4) is 0 Å². The Bertz CT molecular complexity index is 855. The molecular formula is C22H28N4. The molecule has 0 saturated heterocycles. The van der Waals surface area contributed by atoms with Gasteiger partial charge in [0, 0.05) is 38.2 Å². The summed E-state index contributed by atoms with van der Waals surface area (Å²) in [7, 11) is 4.18. The third kappa shape index (κ3) is 2.46. The van der Waals surface area contributed by atoms with E-state index in [1.165, 1.54) is 61.2 Å². The highest BCUT2D eigenvalue weighted by molar-refractivity contribution is 5.82. The quantitative estimate of drug-likeness (QED) is 0.791. The summed E-state index contributed by atoms with van der Waals surface area (Å²) in [6.45, 7) is 5.10. The highest BCUT2D eigenvalue weighted by atomic mass is 15.4. The lowest BCUT2D eigenvalue weighted by atomic mass is 9.99. The van der Waals surface area contributed by atoms with Gasteiger partial charge >= 0.3 is 0 Å². The molecule has 5 rings (SSSR count). The highest BCUT2D eigenvalue weighted by Gasteiger charge is 2.33. The van der Waals surface area contributed by atoms with E-state index < -0.39 is 0 Å². The molecule has 1 aromatic carbocycles. The van der Waals surface area contributed by atoms with Crippen LogP contribution in [0.5, 0.6) is 0 Å². The lowest BCUT2D eigenvalue weighted by Gasteiger charge is -2.17. The number of aromatic nitrogens is 2. The van der Waals surface area contributed by atoms with Crippen molar-refractivity contribution in [3.63, 3.8) is 0 Å². The second-order valence-electron chi connectivity index (χ2n) is 8.26. The van der Waals surface area contributed by atoms with Crippen LogP contribution in [0.4, 0.5) is 11.4 Å². The molecule has 1 aromatic heterocycles. The van der Waals surface area contributed by atoms with Crippen molar-refractivity contribution >= 4 is 11.4 Å². The van der Waals surface area contributed by atoms with Crippen LogP contribution in [0.2, 0.25) is 0 Å². The molecular weight excluding hydrogens is 320 g/mol. The van der Waals surface area contributed by atoms with Crippen LogP contribution in [0.1, 0.15) is 67.3 Å². The molecule has 1 aliphatic heterocycles. The van der Waals surface area contributed by atoms with E-state index in [9.17, 15) is 0 Å². The molecule has 2 aliphatic carbocycles. The summed E-state index contributed by atoms with van der Waals surface area (Å²) < 4.78 is 2.44. The largest absolute Gasteiger partial charge is 0.330 e. The molecule has 0 spiro atoms. The van der Waals surface area contributed by atoms with Crippen LogP contribution in [-0.4, -0.2) is 23.6 Å². The van der Waals surface area contributed by atoms with Gasteiger partial charge in [0.1, 0.15) is 5.82 Å². The molecule has 4 nitrogen and oxygen atoms in total. The Balaban J connectivity index is 1.48. The first kappa shape index (κ1) is 16.0. The first-order valence-corrected chi connectivity index (χ1v) is 9.97. The van der Waals surface area contributed by atoms with E-state index in [1.54, 1.807) is 5.69 Å². The fourth-order valence-electron chi connectivity index (χ4n) is 4.77. The molecule has 26 heavy (non-hydrogen) atoms. The van der Waals surface area contributed by atoms with Gasteiger partial charge in [-0.3, -0.25) is 0 Å². The second-order valence-corrected chi connectivity index (χ2v) is 8.26. The molecule has 0 bridgehead atoms. The zero-order valence-electron chi connectivity index (χ0n) is 15.9. The van der Waals surface area contributed by atoms with Crippen molar-refractivity contribution in [3.05, 3.63) is 53.9 Å². The van der Waals surface area contributed by atoms with Gasteiger partial charge in [0.05, 0.1) is 23.4 Å². The number of anilines is 2. The summed E-state index contributed by atoms with van der Waals surface area (Å²) in [4.78, 5) is 9.20. The van der Waals surface area contributed by atoms with Gasteiger partial charge in [-0.25, -0.2) is 4.98 Å². The van der Waals surface area contributed by atoms with Crippen molar-refractivity contribution in [3.8, 4) is 0 Å². The molecule has 2 heterocycles. The van der Waals surface area contributed by atoms with E-state index >= 15 is 0 Å². The maximum atomic E-state index is 4.86. The molecule has 0 unspecified atom stereocenters. The minimum atomic E-state index is 0.719. The summed E-state index contributed by atoms with van der Waals surface area (Å²) in [6, 6.07) is 6.81. The van der Waals surface area contributed by atoms with Gasteiger partial charge in [0.25, 0.3) is 0 Å². The molecule has 3 aliphatic rings. The predicted octanol–water partition coefficient (Wildman–Crippen LogP) is 4.82. The lowest BCUT2D eigenvalue weighted by Crippen LogP contribution is -2.20. The Morgan fingerprint density at radius 3 is 2.46 bits per heavy atom. The molecule has 0 atom stereocenters. The van der Waals surface area contributed by atoms with Crippen LogP contribution in [-0.2, 0) is 6.54 Å². The Morgan fingerprint density at radius 1 is 1.00 bits per heavy atom. The fraction of sp³-hybridized carbons (Fsp3) is 0.500. The van der Waals surface area contributed by atoms with Crippen LogP contribution < -0.4 is 9.80 Å². The molecule has 2 aromatic rings. The monoisotopic (exact) mass is 348 g/mol. The topological polar surface area (TPSA) is 24.3 Å². The number of hydrogen-bond donors (Lipinski definition) is 0. The average molecular weight is 348 g/mol. The summed E-state index contributed by atoms with van der Waals surface area (Å²) in [5.74, 6) is 2.48. The molecule has 2 fully saturated rings. The van der Waals surface area contributed by atoms with E-state index in [-0.39, 0.29) is 0 Å². The number of imidazole rings is 1. The van der Waals surface area contributed by atoms with Crippen molar-refractivity contribution in [1.82, 2.24) is 9.55 Å². The molecule has 4 heteroatoms. The third-order valence-electron chi connectivity index (χ3n) is 6.50. The Kier molecular flexibility index (Phi) is 3.63. The molecule has 136 valence electrons. The van der Waals surface area contributed by atoms with Crippen molar-refractivity contribution < 1.29 is 0 Å². The highest BCUT2D eigenvalue weighted by Crippen LogP contribution is 2.46. The smallest absolute Gasteiger partial charge is 0.105 e. The van der Waals surface area contributed by atoms with E-state index in [4.69, 9.17) is 4.98 Å². The molecule has 0 N–H and O–H groups in total. The number of rotatable bonds is 4. The van der Waals surface area contributed by atoms with E-state index in [0.717, 1.165) is 24.2 Å². The van der Waals surface area contributed by atoms with Gasteiger partial charge in [-0.15, -0.1) is 0 Å². The Labute approximate surface area is 156 Å². The first-order valence-electron chi connectivity index (χ1n) is 9.97. The number of nitrogens with zero attached hydrogens (tertiary/aromatic N) is 4. The van der Waals surface area contributed by atoms with E-state index in [2.05, 4.69) is 59.6 Å². The standard InChI is InChI=1S/C22H28N4/c1-15-24(2)19-11-8-16(12-20(19)25(15)3)13-26-14-23-21(17-9-10-17)22(26)18-6-4-5-7-18/h8,11-12,14,17-18H,1,4-7,9-10,13H2,2-3H3. The van der Waals surface area contributed by atoms with Gasteiger partial charge in [0.2, 0.25) is 0 Å². The van der Waals surface area contributed by atoms with Crippen molar-refractivity contribution in [1.29, 1.82) is 0 Å². The number of fused-ring (bicyclic) bond motifs is 1. The van der Waals surface area contributed by atoms with Crippen LogP contribution >= 0.6 is 0 Å². The summed E-state index contributed by atoms with van der Waals surface area (Å²) in [5, 5.41) is 0. The SMILES string of the molecule is C=C1N(C)c2ccc(Cn3cnc(C4CC4)c3C3CCCC3)cc2N1C. The molecule has 2 saturated carbocycles. The van der Waals surface area contributed by atoms with E-state index in [0.29, 0.717) is 0 Å². The van der Waals surface area contributed by atoms with Crippen molar-refractivity contribution in [2.75, 3.05) is 23.9 Å². The number of hydrogen-bond acceptors (Lipinski definition) is 3. The minimum Gasteiger partial charge on any atom is -0.330 e. The fourth-order valence-corrected chi connectivity index (χ4v) is 4.77. The third-order valence-corrected chi connectivity index (χ3v) is 6.50. The van der Waals surface area contributed by atoms with Gasteiger partial charge in [-0.05, 0) is 43.4 Å². The van der Waals surface area contributed by atoms with E-state index in [1.807, 2.05) is 0 Å². The van der Waals surface area contributed by atoms with Crippen molar-refractivity contribution in [2.24, 2.45) is 0 Å². The van der Waals surface area contributed by atoms with Crippen LogP contribution in [0.15, 0.2) is 36.9 Å². The van der Waals surface area contributed by atoms with Gasteiger partial charge in [-0.1, -0.05) is 25.5 Å². The summed E-state index contributed by atoms with van der Waals surface area (Å²) in [5.41, 5.74) is 6.78. The Morgan fingerprint density at radius 2 is 1.73 bits per heavy atom. The van der Waals surface area contributed by atoms with Gasteiger partial charge in [0.15, 0.2) is 0 Å². The predicted molar refractivity (Wildman–Crippen MR) is 107 cm³/mol. The normalized spacial score (nSPS) is 20.3. The van der Waals surface area contributed by atoms with Crippen LogP contribution in [0.25, 0.3) is 0 Å². The zero-order valence-corrected chi connectivity index (χ0v) is 15.9.